The molecule has 0 aliphatic heterocycles. The molecule has 0 aromatic heterocycles. The molecule has 96 valence electrons. The summed E-state index contributed by atoms with van der Waals surface area (Å²) in [5.41, 5.74) is 1.28. The third-order valence-corrected chi connectivity index (χ3v) is 4.39. The minimum atomic E-state index is -2.93. The average molecular weight is 259 g/mol. The van der Waals surface area contributed by atoms with Crippen LogP contribution in [0.15, 0.2) is 18.2 Å². The minimum Gasteiger partial charge on any atom is -0.382 e. The van der Waals surface area contributed by atoms with Gasteiger partial charge < -0.3 is 5.32 Å². The molecule has 0 aliphatic carbocycles. The van der Waals surface area contributed by atoms with Gasteiger partial charge in [0.25, 0.3) is 0 Å². The molecule has 1 N–H and O–H groups in total. The Morgan fingerprint density at radius 2 is 2.06 bits per heavy atom. The number of nitrogens with one attached hydrogen (secondary N) is 1. The van der Waals surface area contributed by atoms with Crippen molar-refractivity contribution < 1.29 is 12.8 Å². The highest BCUT2D eigenvalue weighted by Gasteiger charge is 2.08. The Hall–Kier alpha value is -1.10. The zero-order valence-electron chi connectivity index (χ0n) is 10.2. The molecule has 1 rings (SSSR count). The van der Waals surface area contributed by atoms with Crippen LogP contribution in [0, 0.1) is 12.7 Å². The Balaban J connectivity index is 2.47. The zero-order chi connectivity index (χ0) is 12.9. The van der Waals surface area contributed by atoms with Gasteiger partial charge in [-0.2, -0.15) is 0 Å². The topological polar surface area (TPSA) is 46.2 Å². The maximum absolute atomic E-state index is 13.4. The Morgan fingerprint density at radius 3 is 2.65 bits per heavy atom. The summed E-state index contributed by atoms with van der Waals surface area (Å²) < 4.78 is 35.9. The molecule has 0 saturated carbocycles. The van der Waals surface area contributed by atoms with Gasteiger partial charge in [0.2, 0.25) is 0 Å². The number of benzene rings is 1. The van der Waals surface area contributed by atoms with Crippen LogP contribution in [0.2, 0.25) is 0 Å². The van der Waals surface area contributed by atoms with Crippen molar-refractivity contribution in [3.05, 3.63) is 29.6 Å². The normalized spacial score (nSPS) is 11.5. The molecule has 3 nitrogen and oxygen atoms in total. The van der Waals surface area contributed by atoms with E-state index in [1.54, 1.807) is 13.0 Å². The standard InChI is InChI=1S/C12H18FNO2S/c1-3-17(15,16)9-5-8-14-12-10(2)6-4-7-11(12)13/h4,6-7,14H,3,5,8-9H2,1-2H3. The number of halogens is 1. The van der Waals surface area contributed by atoms with E-state index in [0.717, 1.165) is 5.56 Å². The summed E-state index contributed by atoms with van der Waals surface area (Å²) in [4.78, 5) is 0. The summed E-state index contributed by atoms with van der Waals surface area (Å²) in [5, 5.41) is 2.94. The Bertz CT molecular complexity index is 451. The highest BCUT2D eigenvalue weighted by Crippen LogP contribution is 2.18. The largest absolute Gasteiger partial charge is 0.382 e. The highest BCUT2D eigenvalue weighted by molar-refractivity contribution is 7.91. The van der Waals surface area contributed by atoms with Crippen LogP contribution in [0.25, 0.3) is 0 Å². The van der Waals surface area contributed by atoms with Gasteiger partial charge in [0.15, 0.2) is 0 Å². The molecule has 5 heteroatoms. The summed E-state index contributed by atoms with van der Waals surface area (Å²) in [5.74, 6) is -0.00114. The Morgan fingerprint density at radius 1 is 1.35 bits per heavy atom. The highest BCUT2D eigenvalue weighted by atomic mass is 32.2. The van der Waals surface area contributed by atoms with Crippen molar-refractivity contribution in [1.29, 1.82) is 0 Å². The number of anilines is 1. The van der Waals surface area contributed by atoms with Crippen molar-refractivity contribution in [3.8, 4) is 0 Å². The molecule has 1 aromatic carbocycles. The number of hydrogen-bond donors (Lipinski definition) is 1. The summed E-state index contributed by atoms with van der Waals surface area (Å²) in [6.45, 7) is 3.90. The van der Waals surface area contributed by atoms with E-state index in [-0.39, 0.29) is 17.3 Å². The first-order valence-electron chi connectivity index (χ1n) is 5.65. The number of hydrogen-bond acceptors (Lipinski definition) is 3. The maximum Gasteiger partial charge on any atom is 0.150 e. The van der Waals surface area contributed by atoms with Crippen molar-refractivity contribution in [2.75, 3.05) is 23.4 Å². The molecule has 0 unspecified atom stereocenters. The lowest BCUT2D eigenvalue weighted by Gasteiger charge is -2.10. The van der Waals surface area contributed by atoms with Crippen LogP contribution in [0.3, 0.4) is 0 Å². The van der Waals surface area contributed by atoms with E-state index in [1.165, 1.54) is 6.07 Å². The predicted octanol–water partition coefficient (Wildman–Crippen LogP) is 2.37. The second kappa shape index (κ2) is 6.00. The molecular formula is C12H18FNO2S. The lowest BCUT2D eigenvalue weighted by molar-refractivity contribution is 0.595. The fraction of sp³-hybridized carbons (Fsp3) is 0.500. The van der Waals surface area contributed by atoms with Crippen molar-refractivity contribution in [2.24, 2.45) is 0 Å². The smallest absolute Gasteiger partial charge is 0.150 e. The van der Waals surface area contributed by atoms with E-state index >= 15 is 0 Å². The molecule has 0 atom stereocenters. The SMILES string of the molecule is CCS(=O)(=O)CCCNc1c(C)cccc1F. The van der Waals surface area contributed by atoms with Crippen LogP contribution >= 0.6 is 0 Å². The molecule has 0 heterocycles. The second-order valence-electron chi connectivity index (χ2n) is 3.95. The average Bonchev–Trinajstić information content (AvgIpc) is 2.27. The van der Waals surface area contributed by atoms with E-state index in [2.05, 4.69) is 5.32 Å². The van der Waals surface area contributed by atoms with Gasteiger partial charge in [-0.05, 0) is 25.0 Å². The first-order valence-corrected chi connectivity index (χ1v) is 7.48. The van der Waals surface area contributed by atoms with Gasteiger partial charge in [-0.25, -0.2) is 12.8 Å². The van der Waals surface area contributed by atoms with Crippen LogP contribution in [0.4, 0.5) is 10.1 Å². The van der Waals surface area contributed by atoms with Crippen molar-refractivity contribution in [3.63, 3.8) is 0 Å². The molecule has 0 aliphatic rings. The van der Waals surface area contributed by atoms with E-state index in [1.807, 2.05) is 13.0 Å². The van der Waals surface area contributed by atoms with Crippen molar-refractivity contribution in [2.45, 2.75) is 20.3 Å². The lowest BCUT2D eigenvalue weighted by Crippen LogP contribution is -2.13. The van der Waals surface area contributed by atoms with Gasteiger partial charge in [-0.15, -0.1) is 0 Å². The molecule has 0 spiro atoms. The number of rotatable bonds is 6. The third-order valence-electron chi connectivity index (χ3n) is 2.60. The van der Waals surface area contributed by atoms with Gasteiger partial charge in [0.1, 0.15) is 15.7 Å². The third kappa shape index (κ3) is 4.34. The predicted molar refractivity (Wildman–Crippen MR) is 68.6 cm³/mol. The lowest BCUT2D eigenvalue weighted by atomic mass is 10.2. The van der Waals surface area contributed by atoms with E-state index in [0.29, 0.717) is 18.7 Å². The van der Waals surface area contributed by atoms with Gasteiger partial charge >= 0.3 is 0 Å². The van der Waals surface area contributed by atoms with E-state index in [4.69, 9.17) is 0 Å². The fourth-order valence-corrected chi connectivity index (χ4v) is 2.38. The van der Waals surface area contributed by atoms with Crippen LogP contribution in [0.5, 0.6) is 0 Å². The van der Waals surface area contributed by atoms with Gasteiger partial charge in [-0.1, -0.05) is 19.1 Å². The number of para-hydroxylation sites is 1. The molecule has 17 heavy (non-hydrogen) atoms. The zero-order valence-corrected chi connectivity index (χ0v) is 11.0. The molecule has 0 amide bonds. The first-order chi connectivity index (χ1) is 7.96. The number of aryl methyl sites for hydroxylation is 1. The van der Waals surface area contributed by atoms with Crippen LogP contribution in [-0.4, -0.2) is 26.5 Å². The quantitative estimate of drug-likeness (QED) is 0.798. The molecule has 0 radical (unpaired) electrons. The second-order valence-corrected chi connectivity index (χ2v) is 6.42. The van der Waals surface area contributed by atoms with Crippen molar-refractivity contribution in [1.82, 2.24) is 0 Å². The van der Waals surface area contributed by atoms with Gasteiger partial charge in [0, 0.05) is 12.3 Å². The Labute approximate surface area is 102 Å². The van der Waals surface area contributed by atoms with Crippen LogP contribution < -0.4 is 5.32 Å². The summed E-state index contributed by atoms with van der Waals surface area (Å²) in [7, 11) is -2.93. The first kappa shape index (κ1) is 14.0. The van der Waals surface area contributed by atoms with E-state index in [9.17, 15) is 12.8 Å². The van der Waals surface area contributed by atoms with Gasteiger partial charge in [-0.3, -0.25) is 0 Å². The molecule has 0 fully saturated rings. The van der Waals surface area contributed by atoms with Crippen LogP contribution in [0.1, 0.15) is 18.9 Å². The van der Waals surface area contributed by atoms with Gasteiger partial charge in [0.05, 0.1) is 11.4 Å². The molecular weight excluding hydrogens is 241 g/mol. The summed E-state index contributed by atoms with van der Waals surface area (Å²) in [6.07, 6.45) is 0.490. The molecule has 1 aromatic rings. The summed E-state index contributed by atoms with van der Waals surface area (Å²) >= 11 is 0. The fourth-order valence-electron chi connectivity index (χ4n) is 1.51. The van der Waals surface area contributed by atoms with Crippen molar-refractivity contribution >= 4 is 15.5 Å². The maximum atomic E-state index is 13.4. The Kier molecular flexibility index (Phi) is 4.93. The molecule has 0 saturated heterocycles. The minimum absolute atomic E-state index is 0.143. The monoisotopic (exact) mass is 259 g/mol. The molecule has 0 bridgehead atoms. The van der Waals surface area contributed by atoms with E-state index < -0.39 is 9.84 Å². The summed E-state index contributed by atoms with van der Waals surface area (Å²) in [6, 6.07) is 4.85. The number of sulfone groups is 1. The van der Waals surface area contributed by atoms with Crippen LogP contribution in [-0.2, 0) is 9.84 Å².